The van der Waals surface area contributed by atoms with Crippen LogP contribution in [0.5, 0.6) is 0 Å². The number of carbonyl (C=O) groups excluding carboxylic acids is 1. The molecule has 12 nitrogen and oxygen atoms in total. The number of fused-ring (bicyclic) bond motifs is 1. The van der Waals surface area contributed by atoms with E-state index in [2.05, 4.69) is 20.3 Å². The van der Waals surface area contributed by atoms with Crippen molar-refractivity contribution in [1.29, 1.82) is 0 Å². The number of nitrogens with one attached hydrogen (secondary N) is 1. The molecule has 1 fully saturated rings. The number of imidazole rings is 1. The fraction of sp³-hybridized carbons (Fsp3) is 0.478. The van der Waals surface area contributed by atoms with Crippen molar-refractivity contribution in [3.8, 4) is 0 Å². The van der Waals surface area contributed by atoms with Gasteiger partial charge in [-0.3, -0.25) is 9.36 Å². The van der Waals surface area contributed by atoms with Gasteiger partial charge in [-0.15, -0.1) is 0 Å². The van der Waals surface area contributed by atoms with Gasteiger partial charge in [-0.2, -0.15) is 9.97 Å². The minimum Gasteiger partial charge on any atom is -0.466 e. The molecule has 6 N–H and O–H groups in total. The second kappa shape index (κ2) is 11.0. The molecule has 0 bridgehead atoms. The van der Waals surface area contributed by atoms with E-state index in [-0.39, 0.29) is 17.7 Å². The summed E-state index contributed by atoms with van der Waals surface area (Å²) in [5.41, 5.74) is 8.90. The molecule has 0 radical (unpaired) electrons. The Morgan fingerprint density at radius 3 is 2.54 bits per heavy atom. The number of rotatable bonds is 10. The highest BCUT2D eigenvalue weighted by molar-refractivity contribution is 5.83. The minimum atomic E-state index is -1.27. The number of hydrogen-bond donors (Lipinski definition) is 5. The second-order valence-corrected chi connectivity index (χ2v) is 8.28. The predicted octanol–water partition coefficient (Wildman–Crippen LogP) is 0.170. The quantitative estimate of drug-likeness (QED) is 0.247. The van der Waals surface area contributed by atoms with E-state index in [9.17, 15) is 20.1 Å². The molecule has 0 amide bonds. The summed E-state index contributed by atoms with van der Waals surface area (Å²) in [6.07, 6.45) is -1.30. The van der Waals surface area contributed by atoms with E-state index >= 15 is 0 Å². The lowest BCUT2D eigenvalue weighted by atomic mass is 10.1. The first kappa shape index (κ1) is 24.8. The Kier molecular flexibility index (Phi) is 7.76. The lowest BCUT2D eigenvalue weighted by Crippen LogP contribution is -2.33. The Morgan fingerprint density at radius 1 is 1.17 bits per heavy atom. The van der Waals surface area contributed by atoms with E-state index in [1.807, 2.05) is 24.3 Å². The molecule has 1 aromatic carbocycles. The Labute approximate surface area is 201 Å². The van der Waals surface area contributed by atoms with Crippen LogP contribution < -0.4 is 11.1 Å². The number of nitrogens with zero attached hydrogens (tertiary/aromatic N) is 4. The van der Waals surface area contributed by atoms with Crippen LogP contribution in [0.1, 0.15) is 30.7 Å². The van der Waals surface area contributed by atoms with E-state index in [1.54, 1.807) is 6.92 Å². The minimum absolute atomic E-state index is 0.161. The van der Waals surface area contributed by atoms with Crippen LogP contribution in [0.4, 0.5) is 11.8 Å². The molecule has 4 atom stereocenters. The molecule has 1 aliphatic rings. The van der Waals surface area contributed by atoms with Gasteiger partial charge in [0.15, 0.2) is 17.7 Å². The smallest absolute Gasteiger partial charge is 0.306 e. The third-order valence-corrected chi connectivity index (χ3v) is 5.88. The highest BCUT2D eigenvalue weighted by atomic mass is 16.6. The lowest BCUT2D eigenvalue weighted by molar-refractivity contribution is -0.143. The van der Waals surface area contributed by atoms with E-state index in [0.717, 1.165) is 11.1 Å². The standard InChI is InChI=1S/C23H30N6O6/c1-2-34-16(31)8-7-13-3-5-14(6-4-13)9-10-25-23-27-20(24)17-21(28-23)29(12-26-17)22-19(33)18(32)15(11-30)35-22/h3-6,12,15,18-19,22,30,32-33H,2,7-11H2,1H3,(H3,24,25,27,28)/t15-,18?,19?,22-/m1/s1. The van der Waals surface area contributed by atoms with E-state index in [4.69, 9.17) is 15.2 Å². The van der Waals surface area contributed by atoms with E-state index < -0.39 is 31.1 Å². The fourth-order valence-corrected chi connectivity index (χ4v) is 3.98. The molecule has 2 unspecified atom stereocenters. The van der Waals surface area contributed by atoms with Crippen molar-refractivity contribution in [2.24, 2.45) is 0 Å². The maximum absolute atomic E-state index is 11.5. The molecular formula is C23H30N6O6. The van der Waals surface area contributed by atoms with Gasteiger partial charge in [0.1, 0.15) is 23.8 Å². The van der Waals surface area contributed by atoms with Gasteiger partial charge in [-0.1, -0.05) is 24.3 Å². The van der Waals surface area contributed by atoms with Crippen molar-refractivity contribution in [3.63, 3.8) is 0 Å². The van der Waals surface area contributed by atoms with Crippen molar-refractivity contribution < 1.29 is 29.6 Å². The molecule has 35 heavy (non-hydrogen) atoms. The molecule has 2 aromatic heterocycles. The van der Waals surface area contributed by atoms with Gasteiger partial charge in [0, 0.05) is 13.0 Å². The SMILES string of the molecule is CCOC(=O)CCc1ccc(CCNc2nc(N)c3ncn([C@@H]4O[C@H](CO)C(O)C4O)c3n2)cc1. The number of nitrogens with two attached hydrogens (primary N) is 1. The number of ether oxygens (including phenoxy) is 2. The van der Waals surface area contributed by atoms with Crippen LogP contribution in [0.15, 0.2) is 30.6 Å². The maximum atomic E-state index is 11.5. The molecule has 3 heterocycles. The highest BCUT2D eigenvalue weighted by Crippen LogP contribution is 2.32. The number of anilines is 2. The van der Waals surface area contributed by atoms with Crippen LogP contribution in [0.25, 0.3) is 11.2 Å². The van der Waals surface area contributed by atoms with Crippen LogP contribution in [-0.2, 0) is 27.1 Å². The normalized spacial score (nSPS) is 21.9. The molecule has 0 spiro atoms. The maximum Gasteiger partial charge on any atom is 0.306 e. The Bertz CT molecular complexity index is 1150. The Morgan fingerprint density at radius 2 is 1.89 bits per heavy atom. The largest absolute Gasteiger partial charge is 0.466 e. The average Bonchev–Trinajstić information content (AvgIpc) is 3.39. The van der Waals surface area contributed by atoms with Gasteiger partial charge < -0.3 is 35.8 Å². The fourth-order valence-electron chi connectivity index (χ4n) is 3.98. The zero-order valence-electron chi connectivity index (χ0n) is 19.4. The number of carbonyl (C=O) groups is 1. The third-order valence-electron chi connectivity index (χ3n) is 5.88. The van der Waals surface area contributed by atoms with E-state index in [1.165, 1.54) is 10.9 Å². The van der Waals surface area contributed by atoms with Gasteiger partial charge >= 0.3 is 5.97 Å². The third kappa shape index (κ3) is 5.51. The van der Waals surface area contributed by atoms with Crippen molar-refractivity contribution in [3.05, 3.63) is 41.7 Å². The topological polar surface area (TPSA) is 178 Å². The molecule has 0 saturated carbocycles. The zero-order chi connectivity index (χ0) is 24.9. The molecule has 0 aliphatic carbocycles. The number of aromatic nitrogens is 4. The van der Waals surface area contributed by atoms with Crippen LogP contribution in [0, 0.1) is 0 Å². The summed E-state index contributed by atoms with van der Waals surface area (Å²) in [6.45, 7) is 2.28. The predicted molar refractivity (Wildman–Crippen MR) is 126 cm³/mol. The number of esters is 1. The van der Waals surface area contributed by atoms with Gasteiger partial charge in [-0.25, -0.2) is 4.98 Å². The first-order valence-corrected chi connectivity index (χ1v) is 11.5. The monoisotopic (exact) mass is 486 g/mol. The molecule has 188 valence electrons. The summed E-state index contributed by atoms with van der Waals surface area (Å²) in [7, 11) is 0. The summed E-state index contributed by atoms with van der Waals surface area (Å²) in [5.74, 6) is 0.250. The number of benzene rings is 1. The Balaban J connectivity index is 1.38. The summed E-state index contributed by atoms with van der Waals surface area (Å²) in [5, 5.41) is 32.9. The summed E-state index contributed by atoms with van der Waals surface area (Å²) in [6, 6.07) is 8.01. The van der Waals surface area contributed by atoms with Crippen molar-refractivity contribution in [2.75, 3.05) is 30.8 Å². The molecule has 1 aliphatic heterocycles. The molecular weight excluding hydrogens is 456 g/mol. The number of aliphatic hydroxyl groups is 3. The molecule has 4 rings (SSSR count). The van der Waals surface area contributed by atoms with Gasteiger partial charge in [0.2, 0.25) is 5.95 Å². The first-order valence-electron chi connectivity index (χ1n) is 11.5. The molecule has 1 saturated heterocycles. The van der Waals surface area contributed by atoms with Crippen LogP contribution in [0.3, 0.4) is 0 Å². The van der Waals surface area contributed by atoms with E-state index in [0.29, 0.717) is 43.6 Å². The number of aliphatic hydroxyl groups excluding tert-OH is 3. The summed E-state index contributed by atoms with van der Waals surface area (Å²) in [4.78, 5) is 24.4. The zero-order valence-corrected chi connectivity index (χ0v) is 19.4. The van der Waals surface area contributed by atoms with Crippen molar-refractivity contribution in [1.82, 2.24) is 19.5 Å². The number of nitrogen functional groups attached to an aromatic ring is 1. The van der Waals surface area contributed by atoms with Gasteiger partial charge in [0.05, 0.1) is 19.5 Å². The van der Waals surface area contributed by atoms with Crippen molar-refractivity contribution in [2.45, 2.75) is 50.7 Å². The second-order valence-electron chi connectivity index (χ2n) is 8.28. The summed E-state index contributed by atoms with van der Waals surface area (Å²) >= 11 is 0. The molecule has 3 aromatic rings. The van der Waals surface area contributed by atoms with Crippen LogP contribution in [-0.4, -0.2) is 78.9 Å². The van der Waals surface area contributed by atoms with Crippen LogP contribution >= 0.6 is 0 Å². The van der Waals surface area contributed by atoms with Crippen molar-refractivity contribution >= 4 is 28.9 Å². The first-order chi connectivity index (χ1) is 16.9. The van der Waals surface area contributed by atoms with Crippen LogP contribution in [0.2, 0.25) is 0 Å². The van der Waals surface area contributed by atoms with Gasteiger partial charge in [-0.05, 0) is 30.9 Å². The molecule has 12 heteroatoms. The number of hydrogen-bond acceptors (Lipinski definition) is 11. The lowest BCUT2D eigenvalue weighted by Gasteiger charge is -2.16. The Hall–Kier alpha value is -3.32. The number of aryl methyl sites for hydroxylation is 1. The van der Waals surface area contributed by atoms with Gasteiger partial charge in [0.25, 0.3) is 0 Å². The highest BCUT2D eigenvalue weighted by Gasteiger charge is 2.44. The summed E-state index contributed by atoms with van der Waals surface area (Å²) < 4.78 is 12.0. The average molecular weight is 487 g/mol.